The van der Waals surface area contributed by atoms with Gasteiger partial charge < -0.3 is 20.4 Å². The molecule has 5 nitrogen and oxygen atoms in total. The third kappa shape index (κ3) is 2.39. The summed E-state index contributed by atoms with van der Waals surface area (Å²) in [6.07, 6.45) is 0. The van der Waals surface area contributed by atoms with Gasteiger partial charge in [-0.1, -0.05) is 12.1 Å². The van der Waals surface area contributed by atoms with Crippen LogP contribution in [0.15, 0.2) is 28.7 Å². The first kappa shape index (κ1) is 13.7. The maximum atomic E-state index is 11.5. The van der Waals surface area contributed by atoms with Gasteiger partial charge in [-0.25, -0.2) is 0 Å². The van der Waals surface area contributed by atoms with Gasteiger partial charge in [0.05, 0.1) is 5.69 Å². The molecule has 1 aromatic carbocycles. The smallest absolute Gasteiger partial charge is 0.286 e. The van der Waals surface area contributed by atoms with E-state index >= 15 is 0 Å². The molecule has 2 aromatic rings. The Morgan fingerprint density at radius 3 is 2.63 bits per heavy atom. The van der Waals surface area contributed by atoms with Crippen molar-refractivity contribution < 1.29 is 9.21 Å². The molecule has 1 aliphatic rings. The lowest BCUT2D eigenvalue weighted by Gasteiger charge is -2.29. The van der Waals surface area contributed by atoms with Crippen LogP contribution >= 0.6 is 12.4 Å². The van der Waals surface area contributed by atoms with E-state index in [2.05, 4.69) is 10.2 Å². The van der Waals surface area contributed by atoms with Crippen LogP contribution in [0.3, 0.4) is 0 Å². The largest absolute Gasteiger partial charge is 0.449 e. The first-order valence-electron chi connectivity index (χ1n) is 6.04. The second-order valence-corrected chi connectivity index (χ2v) is 4.38. The number of furan rings is 1. The van der Waals surface area contributed by atoms with Gasteiger partial charge in [0, 0.05) is 31.6 Å². The standard InChI is InChI=1S/C13H15N3O2.ClH/c14-13(17)12-11(16-7-5-15-6-8-16)9-3-1-2-4-10(9)18-12;/h1-4,15H,5-8H2,(H2,14,17);1H. The van der Waals surface area contributed by atoms with E-state index < -0.39 is 5.91 Å². The fourth-order valence-electron chi connectivity index (χ4n) is 2.40. The van der Waals surface area contributed by atoms with Crippen LogP contribution in [0.25, 0.3) is 11.0 Å². The summed E-state index contributed by atoms with van der Waals surface area (Å²) in [5.41, 5.74) is 6.95. The van der Waals surface area contributed by atoms with Gasteiger partial charge in [-0.15, -0.1) is 12.4 Å². The minimum absolute atomic E-state index is 0. The van der Waals surface area contributed by atoms with Gasteiger partial charge in [-0.3, -0.25) is 4.79 Å². The van der Waals surface area contributed by atoms with Crippen LogP contribution in [0.2, 0.25) is 0 Å². The quantitative estimate of drug-likeness (QED) is 0.872. The molecule has 3 rings (SSSR count). The summed E-state index contributed by atoms with van der Waals surface area (Å²) in [5, 5.41) is 4.24. The summed E-state index contributed by atoms with van der Waals surface area (Å²) in [7, 11) is 0. The molecule has 0 radical (unpaired) electrons. The lowest BCUT2D eigenvalue weighted by atomic mass is 10.2. The number of rotatable bonds is 2. The summed E-state index contributed by atoms with van der Waals surface area (Å²) in [6.45, 7) is 3.50. The van der Waals surface area contributed by atoms with E-state index in [1.54, 1.807) is 0 Å². The Labute approximate surface area is 117 Å². The molecule has 0 atom stereocenters. The number of fused-ring (bicyclic) bond motifs is 1. The normalized spacial score (nSPS) is 15.3. The van der Waals surface area contributed by atoms with Gasteiger partial charge in [0.25, 0.3) is 5.91 Å². The molecule has 0 unspecified atom stereocenters. The van der Waals surface area contributed by atoms with Crippen LogP contribution in [0.4, 0.5) is 5.69 Å². The molecule has 3 N–H and O–H groups in total. The Morgan fingerprint density at radius 1 is 1.26 bits per heavy atom. The highest BCUT2D eigenvalue weighted by Gasteiger charge is 2.24. The number of hydrogen-bond acceptors (Lipinski definition) is 4. The van der Waals surface area contributed by atoms with Crippen molar-refractivity contribution in [3.63, 3.8) is 0 Å². The van der Waals surface area contributed by atoms with E-state index in [0.717, 1.165) is 37.3 Å². The zero-order chi connectivity index (χ0) is 12.5. The first-order chi connectivity index (χ1) is 8.77. The average Bonchev–Trinajstić information content (AvgIpc) is 2.79. The minimum atomic E-state index is -0.514. The maximum absolute atomic E-state index is 11.5. The van der Waals surface area contributed by atoms with Crippen molar-refractivity contribution in [1.82, 2.24) is 5.32 Å². The fourth-order valence-corrected chi connectivity index (χ4v) is 2.40. The highest BCUT2D eigenvalue weighted by molar-refractivity contribution is 6.06. The predicted molar refractivity (Wildman–Crippen MR) is 77.1 cm³/mol. The number of carbonyl (C=O) groups excluding carboxylic acids is 1. The summed E-state index contributed by atoms with van der Waals surface area (Å²) < 4.78 is 5.58. The zero-order valence-electron chi connectivity index (χ0n) is 10.4. The van der Waals surface area contributed by atoms with Crippen LogP contribution < -0.4 is 16.0 Å². The molecule has 0 saturated carbocycles. The lowest BCUT2D eigenvalue weighted by Crippen LogP contribution is -2.44. The second kappa shape index (κ2) is 5.50. The minimum Gasteiger partial charge on any atom is -0.449 e. The third-order valence-electron chi connectivity index (χ3n) is 3.23. The number of primary amides is 1. The molecule has 0 aliphatic carbocycles. The van der Waals surface area contributed by atoms with Crippen molar-refractivity contribution >= 4 is 35.0 Å². The molecule has 1 fully saturated rings. The van der Waals surface area contributed by atoms with Crippen molar-refractivity contribution in [2.24, 2.45) is 5.73 Å². The first-order valence-corrected chi connectivity index (χ1v) is 6.04. The molecule has 1 aromatic heterocycles. The molecule has 6 heteroatoms. The number of para-hydroxylation sites is 1. The van der Waals surface area contributed by atoms with Gasteiger partial charge in [0.15, 0.2) is 0 Å². The molecular weight excluding hydrogens is 266 g/mol. The molecule has 102 valence electrons. The van der Waals surface area contributed by atoms with Crippen LogP contribution in [-0.2, 0) is 0 Å². The highest BCUT2D eigenvalue weighted by atomic mass is 35.5. The highest BCUT2D eigenvalue weighted by Crippen LogP contribution is 2.33. The van der Waals surface area contributed by atoms with Crippen molar-refractivity contribution in [3.8, 4) is 0 Å². The van der Waals surface area contributed by atoms with Crippen molar-refractivity contribution in [2.45, 2.75) is 0 Å². The van der Waals surface area contributed by atoms with Crippen molar-refractivity contribution in [3.05, 3.63) is 30.0 Å². The Morgan fingerprint density at radius 2 is 1.95 bits per heavy atom. The summed E-state index contributed by atoms with van der Waals surface area (Å²) in [6, 6.07) is 7.64. The third-order valence-corrected chi connectivity index (χ3v) is 3.23. The molecular formula is C13H16ClN3O2. The predicted octanol–water partition coefficient (Wildman–Crippen LogP) is 1.36. The Hall–Kier alpha value is -1.72. The van der Waals surface area contributed by atoms with Gasteiger partial charge in [-0.2, -0.15) is 0 Å². The van der Waals surface area contributed by atoms with Crippen molar-refractivity contribution in [2.75, 3.05) is 31.1 Å². The zero-order valence-corrected chi connectivity index (χ0v) is 11.2. The van der Waals surface area contributed by atoms with Gasteiger partial charge in [0.1, 0.15) is 5.58 Å². The number of halogens is 1. The number of anilines is 1. The number of nitrogens with zero attached hydrogens (tertiary/aromatic N) is 1. The fraction of sp³-hybridized carbons (Fsp3) is 0.308. The molecule has 1 amide bonds. The molecule has 0 spiro atoms. The Balaban J connectivity index is 0.00000133. The number of nitrogens with two attached hydrogens (primary N) is 1. The summed E-state index contributed by atoms with van der Waals surface area (Å²) in [5.74, 6) is -0.252. The Kier molecular flexibility index (Phi) is 3.97. The summed E-state index contributed by atoms with van der Waals surface area (Å²) >= 11 is 0. The SMILES string of the molecule is Cl.NC(=O)c1oc2ccccc2c1N1CCNCC1. The van der Waals surface area contributed by atoms with Crippen LogP contribution in [-0.4, -0.2) is 32.1 Å². The van der Waals surface area contributed by atoms with E-state index in [1.165, 1.54) is 0 Å². The van der Waals surface area contributed by atoms with Gasteiger partial charge >= 0.3 is 0 Å². The molecule has 1 aliphatic heterocycles. The number of piperazine rings is 1. The van der Waals surface area contributed by atoms with Crippen LogP contribution in [0.1, 0.15) is 10.6 Å². The number of amides is 1. The van der Waals surface area contributed by atoms with Crippen LogP contribution in [0, 0.1) is 0 Å². The van der Waals surface area contributed by atoms with E-state index in [-0.39, 0.29) is 18.2 Å². The van der Waals surface area contributed by atoms with Crippen molar-refractivity contribution in [1.29, 1.82) is 0 Å². The second-order valence-electron chi connectivity index (χ2n) is 4.38. The van der Waals surface area contributed by atoms with Gasteiger partial charge in [-0.05, 0) is 12.1 Å². The van der Waals surface area contributed by atoms with Gasteiger partial charge in [0.2, 0.25) is 5.76 Å². The summed E-state index contributed by atoms with van der Waals surface area (Å²) in [4.78, 5) is 13.7. The number of hydrogen-bond donors (Lipinski definition) is 2. The number of nitrogens with one attached hydrogen (secondary N) is 1. The Bertz CT molecular complexity index is 591. The number of carbonyl (C=O) groups is 1. The molecule has 0 bridgehead atoms. The number of benzene rings is 1. The lowest BCUT2D eigenvalue weighted by molar-refractivity contribution is 0.0976. The maximum Gasteiger partial charge on any atom is 0.286 e. The monoisotopic (exact) mass is 281 g/mol. The van der Waals surface area contributed by atoms with Crippen LogP contribution in [0.5, 0.6) is 0 Å². The van der Waals surface area contributed by atoms with E-state index in [4.69, 9.17) is 10.2 Å². The van der Waals surface area contributed by atoms with E-state index in [0.29, 0.717) is 5.58 Å². The molecule has 1 saturated heterocycles. The van der Waals surface area contributed by atoms with E-state index in [9.17, 15) is 4.79 Å². The molecule has 19 heavy (non-hydrogen) atoms. The average molecular weight is 282 g/mol. The molecule has 2 heterocycles. The van der Waals surface area contributed by atoms with E-state index in [1.807, 2.05) is 24.3 Å². The topological polar surface area (TPSA) is 71.5 Å².